The van der Waals surface area contributed by atoms with Crippen molar-refractivity contribution in [3.63, 3.8) is 0 Å². The van der Waals surface area contributed by atoms with Crippen molar-refractivity contribution in [2.24, 2.45) is 11.8 Å². The fourth-order valence-corrected chi connectivity index (χ4v) is 4.47. The molecule has 10 heteroatoms. The molecule has 34 heavy (non-hydrogen) atoms. The van der Waals surface area contributed by atoms with E-state index in [-0.39, 0.29) is 47.6 Å². The van der Waals surface area contributed by atoms with Gasteiger partial charge in [-0.05, 0) is 62.9 Å². The van der Waals surface area contributed by atoms with Crippen LogP contribution in [-0.4, -0.2) is 63.1 Å². The highest BCUT2D eigenvalue weighted by Crippen LogP contribution is 2.46. The molecule has 1 saturated carbocycles. The fourth-order valence-electron chi connectivity index (χ4n) is 4.28. The zero-order chi connectivity index (χ0) is 24.6. The number of piperidine rings is 1. The Morgan fingerprint density at radius 3 is 2.62 bits per heavy atom. The summed E-state index contributed by atoms with van der Waals surface area (Å²) < 4.78 is 5.60. The lowest BCUT2D eigenvalue weighted by atomic mass is 10.1. The molecule has 2 aliphatic rings. The summed E-state index contributed by atoms with van der Waals surface area (Å²) in [4.78, 5) is 31.1. The smallest absolute Gasteiger partial charge is 0.270 e. The molecule has 1 aliphatic heterocycles. The molecule has 1 unspecified atom stereocenters. The molecule has 2 heterocycles. The van der Waals surface area contributed by atoms with Crippen molar-refractivity contribution in [1.82, 2.24) is 15.2 Å². The second-order valence-electron chi connectivity index (χ2n) is 9.77. The summed E-state index contributed by atoms with van der Waals surface area (Å²) in [5, 5.41) is 26.3. The van der Waals surface area contributed by atoms with E-state index in [1.54, 1.807) is 12.1 Å². The van der Waals surface area contributed by atoms with Crippen molar-refractivity contribution in [1.29, 1.82) is 0 Å². The van der Waals surface area contributed by atoms with Crippen LogP contribution in [0.4, 0.5) is 5.69 Å². The number of ether oxygens (including phenoxy) is 1. The predicted octanol–water partition coefficient (Wildman–Crippen LogP) is 2.37. The number of fused-ring (bicyclic) bond motifs is 1. The molecule has 1 aromatic carbocycles. The maximum atomic E-state index is 12.7. The van der Waals surface area contributed by atoms with Crippen LogP contribution in [-0.2, 0) is 16.0 Å². The van der Waals surface area contributed by atoms with Crippen molar-refractivity contribution >= 4 is 29.1 Å². The molecular weight excluding hydrogens is 460 g/mol. The van der Waals surface area contributed by atoms with Crippen LogP contribution in [0.5, 0.6) is 5.75 Å². The number of hydrogen-bond acceptors (Lipinski definition) is 7. The third kappa shape index (κ3) is 5.85. The number of hydrogen-bond donors (Lipinski definition) is 4. The number of benzene rings is 1. The molecule has 0 spiro atoms. The Morgan fingerprint density at radius 2 is 1.94 bits per heavy atom. The van der Waals surface area contributed by atoms with E-state index in [9.17, 15) is 19.8 Å². The Balaban J connectivity index is 1.29. The third-order valence-electron chi connectivity index (χ3n) is 5.96. The van der Waals surface area contributed by atoms with Crippen LogP contribution < -0.4 is 10.6 Å². The van der Waals surface area contributed by atoms with Crippen molar-refractivity contribution in [2.45, 2.75) is 45.2 Å². The largest absolute Gasteiger partial charge is 0.508 e. The lowest BCUT2D eigenvalue weighted by Gasteiger charge is -2.31. The highest BCUT2D eigenvalue weighted by Gasteiger charge is 2.57. The van der Waals surface area contributed by atoms with Gasteiger partial charge in [0.2, 0.25) is 12.3 Å². The van der Waals surface area contributed by atoms with Crippen molar-refractivity contribution in [3.05, 3.63) is 52.8 Å². The quantitative estimate of drug-likeness (QED) is 0.441. The molecule has 4 rings (SSSR count). The van der Waals surface area contributed by atoms with Gasteiger partial charge in [0.25, 0.3) is 5.91 Å². The summed E-state index contributed by atoms with van der Waals surface area (Å²) in [6.07, 6.45) is 0.430. The first kappa shape index (κ1) is 24.4. The molecule has 2 amide bonds. The van der Waals surface area contributed by atoms with Gasteiger partial charge in [-0.2, -0.15) is 0 Å². The number of amides is 2. The Hall–Kier alpha value is -2.72. The molecule has 1 aliphatic carbocycles. The Morgan fingerprint density at radius 1 is 1.24 bits per heavy atom. The van der Waals surface area contributed by atoms with Crippen LogP contribution in [0.3, 0.4) is 0 Å². The van der Waals surface area contributed by atoms with Gasteiger partial charge in [-0.3, -0.25) is 19.5 Å². The van der Waals surface area contributed by atoms with Crippen LogP contribution in [0, 0.1) is 11.8 Å². The number of phenols is 1. The molecule has 2 aromatic rings. The average molecular weight is 489 g/mol. The number of carbonyl (C=O) groups excluding carboxylic acids is 2. The summed E-state index contributed by atoms with van der Waals surface area (Å²) in [5.74, 6) is -0.171. The first-order valence-electron chi connectivity index (χ1n) is 11.1. The molecule has 182 valence electrons. The zero-order valence-electron chi connectivity index (χ0n) is 19.3. The molecular formula is C24H29ClN4O5. The number of carbonyl (C=O) groups is 2. The third-order valence-corrected chi connectivity index (χ3v) is 6.20. The van der Waals surface area contributed by atoms with Crippen molar-refractivity contribution in [2.75, 3.05) is 18.4 Å². The Kier molecular flexibility index (Phi) is 6.82. The number of nitrogens with zero attached hydrogens (tertiary/aromatic N) is 2. The fraction of sp³-hybridized carbons (Fsp3) is 0.458. The molecule has 0 bridgehead atoms. The summed E-state index contributed by atoms with van der Waals surface area (Å²) in [5.41, 5.74) is 0.586. The topological polar surface area (TPSA) is 124 Å². The van der Waals surface area contributed by atoms with E-state index in [1.807, 2.05) is 25.7 Å². The summed E-state index contributed by atoms with van der Waals surface area (Å²) in [6, 6.07) is 7.63. The van der Waals surface area contributed by atoms with Gasteiger partial charge in [0.15, 0.2) is 0 Å². The number of aromatic hydroxyl groups is 1. The standard InChI is InChI=1S/C24H29ClN4O5/c1-24(2,3)34-23(33)29-11-16-17(12-29)21(16)28-22(32)18-10-15(6-7-26-18)27-20(31)9-13-8-14(25)4-5-19(13)30/h4-8,10,16-17,21,23,30,33H,9,11-12H2,1-3H3,(H,28,32)(H,26,27,31)/t16-,17+,21+,23?. The van der Waals surface area contributed by atoms with E-state index in [1.165, 1.54) is 24.4 Å². The Labute approximate surface area is 203 Å². The minimum absolute atomic E-state index is 0.0135. The van der Waals surface area contributed by atoms with Gasteiger partial charge in [0.1, 0.15) is 11.4 Å². The van der Waals surface area contributed by atoms with E-state index in [0.29, 0.717) is 29.4 Å². The van der Waals surface area contributed by atoms with E-state index in [4.69, 9.17) is 16.3 Å². The van der Waals surface area contributed by atoms with Crippen LogP contribution in [0.1, 0.15) is 36.8 Å². The van der Waals surface area contributed by atoms with E-state index < -0.39 is 12.0 Å². The molecule has 0 radical (unpaired) electrons. The summed E-state index contributed by atoms with van der Waals surface area (Å²) in [6.45, 7) is 6.96. The zero-order valence-corrected chi connectivity index (χ0v) is 20.0. The number of aromatic nitrogens is 1. The highest BCUT2D eigenvalue weighted by atomic mass is 35.5. The normalized spacial score (nSPS) is 22.7. The van der Waals surface area contributed by atoms with Crippen LogP contribution in [0.2, 0.25) is 5.02 Å². The number of aliphatic hydroxyl groups excluding tert-OH is 1. The van der Waals surface area contributed by atoms with Gasteiger partial charge in [0.05, 0.1) is 12.0 Å². The van der Waals surface area contributed by atoms with Gasteiger partial charge >= 0.3 is 0 Å². The molecule has 9 nitrogen and oxygen atoms in total. The first-order chi connectivity index (χ1) is 16.0. The summed E-state index contributed by atoms with van der Waals surface area (Å²) >= 11 is 5.93. The van der Waals surface area contributed by atoms with E-state index in [0.717, 1.165) is 0 Å². The predicted molar refractivity (Wildman–Crippen MR) is 126 cm³/mol. The highest BCUT2D eigenvalue weighted by molar-refractivity contribution is 6.30. The number of phenolic OH excluding ortho intramolecular Hbond substituents is 1. The first-order valence-corrected chi connectivity index (χ1v) is 11.5. The molecule has 4 N–H and O–H groups in total. The van der Waals surface area contributed by atoms with Gasteiger partial charge in [-0.1, -0.05) is 11.6 Å². The lowest BCUT2D eigenvalue weighted by molar-refractivity contribution is -0.236. The number of halogens is 1. The van der Waals surface area contributed by atoms with Crippen LogP contribution in [0.25, 0.3) is 0 Å². The van der Waals surface area contributed by atoms with Gasteiger partial charge in [-0.15, -0.1) is 0 Å². The minimum Gasteiger partial charge on any atom is -0.508 e. The second-order valence-corrected chi connectivity index (χ2v) is 10.2. The number of nitrogens with one attached hydrogen (secondary N) is 2. The average Bonchev–Trinajstić information content (AvgIpc) is 3.16. The number of aliphatic hydroxyl groups is 1. The molecule has 2 fully saturated rings. The number of rotatable bonds is 7. The van der Waals surface area contributed by atoms with E-state index >= 15 is 0 Å². The van der Waals surface area contributed by atoms with Gasteiger partial charge < -0.3 is 25.6 Å². The van der Waals surface area contributed by atoms with Crippen molar-refractivity contribution in [3.8, 4) is 5.75 Å². The molecule has 1 aromatic heterocycles. The molecule has 4 atom stereocenters. The molecule has 1 saturated heterocycles. The monoisotopic (exact) mass is 488 g/mol. The van der Waals surface area contributed by atoms with Gasteiger partial charge in [0, 0.05) is 41.6 Å². The van der Waals surface area contributed by atoms with Crippen LogP contribution >= 0.6 is 11.6 Å². The van der Waals surface area contributed by atoms with E-state index in [2.05, 4.69) is 15.6 Å². The summed E-state index contributed by atoms with van der Waals surface area (Å²) in [7, 11) is 0. The maximum Gasteiger partial charge on any atom is 0.270 e. The van der Waals surface area contributed by atoms with Crippen molar-refractivity contribution < 1.29 is 24.5 Å². The maximum absolute atomic E-state index is 12.7. The lowest BCUT2D eigenvalue weighted by Crippen LogP contribution is -2.44. The number of anilines is 1. The van der Waals surface area contributed by atoms with Crippen LogP contribution in [0.15, 0.2) is 36.5 Å². The minimum atomic E-state index is -0.958. The number of pyridine rings is 1. The SMILES string of the molecule is CC(C)(C)OC(O)N1C[C@@H]2[C@H](C1)[C@H]2NC(=O)c1cc(NC(=O)Cc2cc(Cl)ccc2O)ccn1. The van der Waals surface area contributed by atoms with Gasteiger partial charge in [-0.25, -0.2) is 0 Å². The Bertz CT molecular complexity index is 1080. The second kappa shape index (κ2) is 9.50. The number of likely N-dealkylation sites (tertiary alicyclic amines) is 1.